The zero-order valence-electron chi connectivity index (χ0n) is 27.1. The molecule has 53 heavy (non-hydrogen) atoms. The standard InChI is InChI=1S/C28H21F2N7O11S3.2Na/c29-26-33-27(30)35-28(34-26)32-19-7-10-21-16(13-19)14-22(49-48-47-40)23(24(21)38)37-36-18-3-1-15(2-4-18)25(39)31-17-5-8-20(9-6-17)50(41,42)12-11-46-51(43,44)45;;/h1-10,13-14,38,40H,11-12H2,(H,31,39)(H,43,44,45)(H,32,33,34,35);;/q;2*+1/p-2. The maximum atomic E-state index is 13.4. The van der Waals surface area contributed by atoms with Crippen molar-refractivity contribution in [3.63, 3.8) is 0 Å². The zero-order chi connectivity index (χ0) is 36.8. The molecule has 0 spiro atoms. The Morgan fingerprint density at radius 3 is 2.15 bits per heavy atom. The third kappa shape index (κ3) is 12.4. The second kappa shape index (κ2) is 19.4. The first-order valence-corrected chi connectivity index (χ1v) is 17.5. The van der Waals surface area contributed by atoms with Crippen LogP contribution in [0.2, 0.25) is 0 Å². The van der Waals surface area contributed by atoms with E-state index in [0.29, 0.717) is 17.4 Å². The Morgan fingerprint density at radius 1 is 0.887 bits per heavy atom. The molecular weight excluding hydrogens is 791 g/mol. The number of aromatic hydroxyl groups is 1. The van der Waals surface area contributed by atoms with Gasteiger partial charge in [0.05, 0.1) is 39.9 Å². The van der Waals surface area contributed by atoms with Gasteiger partial charge in [-0.2, -0.15) is 33.2 Å². The molecule has 0 saturated heterocycles. The minimum absolute atomic E-state index is 0. The van der Waals surface area contributed by atoms with E-state index in [9.17, 15) is 45.3 Å². The number of fused-ring (bicyclic) bond motifs is 1. The Kier molecular flexibility index (Phi) is 16.1. The first kappa shape index (κ1) is 44.1. The predicted octanol–water partition coefficient (Wildman–Crippen LogP) is -2.09. The summed E-state index contributed by atoms with van der Waals surface area (Å²) in [6.45, 7) is -0.852. The number of aromatic nitrogens is 3. The van der Waals surface area contributed by atoms with Gasteiger partial charge in [-0.1, -0.05) is 0 Å². The zero-order valence-corrected chi connectivity index (χ0v) is 33.5. The predicted molar refractivity (Wildman–Crippen MR) is 169 cm³/mol. The summed E-state index contributed by atoms with van der Waals surface area (Å²) in [5.74, 6) is -2.12. The van der Waals surface area contributed by atoms with Gasteiger partial charge in [-0.15, -0.1) is 5.11 Å². The van der Waals surface area contributed by atoms with Crippen molar-refractivity contribution in [2.75, 3.05) is 23.0 Å². The van der Waals surface area contributed by atoms with E-state index < -0.39 is 56.6 Å². The number of amides is 1. The number of halogens is 2. The van der Waals surface area contributed by atoms with Crippen molar-refractivity contribution in [1.29, 1.82) is 0 Å². The fourth-order valence-electron chi connectivity index (χ4n) is 4.25. The maximum absolute atomic E-state index is 13.4. The molecule has 4 aromatic carbocycles. The average Bonchev–Trinajstić information content (AvgIpc) is 3.06. The molecule has 25 heteroatoms. The number of phenolic OH excluding ortho intramolecular Hbond substituents is 1. The van der Waals surface area contributed by atoms with Crippen LogP contribution in [0.1, 0.15) is 10.4 Å². The Morgan fingerprint density at radius 2 is 1.53 bits per heavy atom. The molecule has 3 N–H and O–H groups in total. The summed E-state index contributed by atoms with van der Waals surface area (Å²) in [4.78, 5) is 22.2. The monoisotopic (exact) mass is 809 g/mol. The van der Waals surface area contributed by atoms with Crippen molar-refractivity contribution in [2.45, 2.75) is 9.79 Å². The Hall–Kier alpha value is -3.27. The minimum atomic E-state index is -5.04. The number of anilines is 3. The summed E-state index contributed by atoms with van der Waals surface area (Å²) >= 11 is 0.412. The number of nitrogens with zero attached hydrogens (tertiary/aromatic N) is 5. The Bertz CT molecular complexity index is 2330. The van der Waals surface area contributed by atoms with Crippen LogP contribution in [0.4, 0.5) is 37.5 Å². The molecule has 0 radical (unpaired) electrons. The molecule has 0 saturated carbocycles. The van der Waals surface area contributed by atoms with Gasteiger partial charge in [0, 0.05) is 22.3 Å². The van der Waals surface area contributed by atoms with Gasteiger partial charge in [0.15, 0.2) is 15.6 Å². The number of nitrogens with one attached hydrogen (secondary N) is 2. The molecule has 0 fully saturated rings. The summed E-state index contributed by atoms with van der Waals surface area (Å²) in [5.41, 5.74) is 0.801. The van der Waals surface area contributed by atoms with Gasteiger partial charge in [0.2, 0.25) is 16.3 Å². The minimum Gasteiger partial charge on any atom is -0.726 e. The Labute approximate surface area is 346 Å². The summed E-state index contributed by atoms with van der Waals surface area (Å²) in [7, 11) is -9.02. The van der Waals surface area contributed by atoms with E-state index in [1.165, 1.54) is 72.8 Å². The van der Waals surface area contributed by atoms with Crippen LogP contribution in [0.15, 0.2) is 92.8 Å². The van der Waals surface area contributed by atoms with Crippen molar-refractivity contribution >= 4 is 77.7 Å². The first-order valence-electron chi connectivity index (χ1n) is 13.7. The second-order valence-corrected chi connectivity index (χ2v) is 13.7. The number of hydrogen-bond donors (Lipinski definition) is 3. The fraction of sp³-hybridized carbons (Fsp3) is 0.0714. The van der Waals surface area contributed by atoms with Crippen molar-refractivity contribution in [3.05, 3.63) is 90.5 Å². The molecule has 0 aliphatic rings. The van der Waals surface area contributed by atoms with E-state index in [1.54, 1.807) is 0 Å². The molecule has 0 aliphatic heterocycles. The molecule has 18 nitrogen and oxygen atoms in total. The Balaban J connectivity index is 0.00000378. The number of phenols is 1. The van der Waals surface area contributed by atoms with E-state index in [2.05, 4.69) is 49.4 Å². The SMILES string of the molecule is O=C(Nc1ccc(S(=O)(=O)CCOS(=O)(=O)[O-])cc1)c1ccc(N=Nc2c(SOO[O-])cc3cc(Nc4nc(F)nc(F)n4)ccc3c2O)cc1.[Na+].[Na+]. The number of sulfone groups is 1. The number of rotatable bonds is 14. The molecule has 1 amide bonds. The average molecular weight is 810 g/mol. The van der Waals surface area contributed by atoms with E-state index in [1.807, 2.05) is 0 Å². The summed E-state index contributed by atoms with van der Waals surface area (Å²) in [6.07, 6.45) is -2.67. The normalized spacial score (nSPS) is 11.5. The van der Waals surface area contributed by atoms with Gasteiger partial charge in [-0.25, -0.2) is 16.8 Å². The molecule has 0 bridgehead atoms. The number of carbonyl (C=O) groups is 1. The van der Waals surface area contributed by atoms with Gasteiger partial charge in [0.1, 0.15) is 5.69 Å². The van der Waals surface area contributed by atoms with Gasteiger partial charge >= 0.3 is 71.3 Å². The number of carbonyl (C=O) groups excluding carboxylic acids is 1. The van der Waals surface area contributed by atoms with Crippen molar-refractivity contribution in [1.82, 2.24) is 15.0 Å². The number of azo groups is 1. The van der Waals surface area contributed by atoms with Crippen LogP contribution in [0.3, 0.4) is 0 Å². The van der Waals surface area contributed by atoms with Crippen molar-refractivity contribution in [3.8, 4) is 5.75 Å². The van der Waals surface area contributed by atoms with E-state index in [-0.39, 0.29) is 108 Å². The summed E-state index contributed by atoms with van der Waals surface area (Å²) < 4.78 is 91.3. The molecular formula is C28H19F2N7Na2O11S3. The molecule has 0 unspecified atom stereocenters. The van der Waals surface area contributed by atoms with Crippen LogP contribution >= 0.6 is 12.0 Å². The van der Waals surface area contributed by atoms with Crippen LogP contribution in [-0.4, -0.2) is 59.7 Å². The quantitative estimate of drug-likeness (QED) is 0.0206. The van der Waals surface area contributed by atoms with E-state index >= 15 is 0 Å². The largest absolute Gasteiger partial charge is 1.00 e. The maximum Gasteiger partial charge on any atom is 1.00 e. The molecule has 0 atom stereocenters. The van der Waals surface area contributed by atoms with Crippen molar-refractivity contribution < 1.29 is 118 Å². The van der Waals surface area contributed by atoms with Crippen LogP contribution in [-0.2, 0) is 33.8 Å². The molecule has 0 aliphatic carbocycles. The topological polar surface area (TPSA) is 267 Å². The molecule has 5 aromatic rings. The molecule has 266 valence electrons. The van der Waals surface area contributed by atoms with Crippen LogP contribution < -0.4 is 75.0 Å². The third-order valence-electron chi connectivity index (χ3n) is 6.49. The molecule has 1 aromatic heterocycles. The molecule has 5 rings (SSSR count). The van der Waals surface area contributed by atoms with Crippen LogP contribution in [0, 0.1) is 12.2 Å². The van der Waals surface area contributed by atoms with Crippen LogP contribution in [0.5, 0.6) is 5.75 Å². The first-order chi connectivity index (χ1) is 24.2. The summed E-state index contributed by atoms with van der Waals surface area (Å²) in [6, 6.07) is 16.5. The van der Waals surface area contributed by atoms with E-state index in [4.69, 9.17) is 0 Å². The number of benzene rings is 4. The van der Waals surface area contributed by atoms with Gasteiger partial charge in [-0.3, -0.25) is 14.0 Å². The summed E-state index contributed by atoms with van der Waals surface area (Å²) in [5, 5.41) is 39.0. The van der Waals surface area contributed by atoms with Gasteiger partial charge in [-0.05, 0) is 78.2 Å². The molecule has 1 heterocycles. The van der Waals surface area contributed by atoms with Crippen molar-refractivity contribution in [2.24, 2.45) is 10.2 Å². The second-order valence-electron chi connectivity index (χ2n) is 9.82. The van der Waals surface area contributed by atoms with Gasteiger partial charge in [0.25, 0.3) is 5.91 Å². The van der Waals surface area contributed by atoms with Gasteiger partial charge < -0.3 is 25.6 Å². The van der Waals surface area contributed by atoms with Crippen LogP contribution in [0.25, 0.3) is 10.8 Å². The third-order valence-corrected chi connectivity index (χ3v) is 9.25. The smallest absolute Gasteiger partial charge is 0.726 e. The van der Waals surface area contributed by atoms with E-state index in [0.717, 1.165) is 0 Å². The fourth-order valence-corrected chi connectivity index (χ4v) is 6.23. The number of hydrogen-bond acceptors (Lipinski definition) is 18.